The Labute approximate surface area is 136 Å². The van der Waals surface area contributed by atoms with E-state index in [9.17, 15) is 18.0 Å². The van der Waals surface area contributed by atoms with Gasteiger partial charge in [0, 0.05) is 10.5 Å². The van der Waals surface area contributed by atoms with Crippen molar-refractivity contribution in [3.8, 4) is 0 Å². The monoisotopic (exact) mass is 390 g/mol. The number of carboxylic acid groups (broad SMARTS) is 1. The maximum Gasteiger partial charge on any atom is 0.433 e. The highest BCUT2D eigenvalue weighted by molar-refractivity contribution is 9.10. The zero-order valence-electron chi connectivity index (χ0n) is 11.4. The third kappa shape index (κ3) is 4.81. The number of halogens is 4. The zero-order chi connectivity index (χ0) is 17.0. The molecule has 1 aromatic carbocycles. The van der Waals surface area contributed by atoms with Gasteiger partial charge < -0.3 is 15.7 Å². The molecule has 0 bridgehead atoms. The molecule has 0 aliphatic rings. The molecule has 0 saturated carbocycles. The van der Waals surface area contributed by atoms with E-state index in [1.165, 1.54) is 0 Å². The minimum atomic E-state index is -4.69. The predicted molar refractivity (Wildman–Crippen MR) is 80.6 cm³/mol. The zero-order valence-corrected chi connectivity index (χ0v) is 12.9. The van der Waals surface area contributed by atoms with Crippen LogP contribution in [-0.4, -0.2) is 27.6 Å². The molecule has 23 heavy (non-hydrogen) atoms. The number of alkyl halides is 3. The number of nitrogens with zero attached hydrogens (tertiary/aromatic N) is 2. The SMILES string of the molecule is O=C(O)CNc1nc(Nc2ccccc2Br)cc(C(F)(F)F)n1. The molecule has 2 rings (SSSR count). The fraction of sp³-hybridized carbons (Fsp3) is 0.154. The molecule has 122 valence electrons. The number of aromatic nitrogens is 2. The number of carboxylic acids is 1. The lowest BCUT2D eigenvalue weighted by molar-refractivity contribution is -0.141. The highest BCUT2D eigenvalue weighted by Gasteiger charge is 2.33. The van der Waals surface area contributed by atoms with Gasteiger partial charge in [0.25, 0.3) is 0 Å². The van der Waals surface area contributed by atoms with E-state index in [1.54, 1.807) is 24.3 Å². The fourth-order valence-corrected chi connectivity index (χ4v) is 1.97. The van der Waals surface area contributed by atoms with Crippen molar-refractivity contribution in [1.29, 1.82) is 0 Å². The van der Waals surface area contributed by atoms with Crippen LogP contribution in [0.4, 0.5) is 30.6 Å². The predicted octanol–water partition coefficient (Wildman–Crippen LogP) is 3.50. The topological polar surface area (TPSA) is 87.1 Å². The Hall–Kier alpha value is -2.36. The normalized spacial score (nSPS) is 11.1. The van der Waals surface area contributed by atoms with Crippen LogP contribution < -0.4 is 10.6 Å². The molecule has 6 nitrogen and oxygen atoms in total. The van der Waals surface area contributed by atoms with E-state index in [0.29, 0.717) is 10.2 Å². The summed E-state index contributed by atoms with van der Waals surface area (Å²) < 4.78 is 39.3. The molecule has 0 fully saturated rings. The average Bonchev–Trinajstić information content (AvgIpc) is 2.46. The number of aliphatic carboxylic acids is 1. The van der Waals surface area contributed by atoms with Crippen molar-refractivity contribution in [2.75, 3.05) is 17.2 Å². The maximum absolute atomic E-state index is 12.9. The highest BCUT2D eigenvalue weighted by Crippen LogP contribution is 2.31. The van der Waals surface area contributed by atoms with E-state index in [0.717, 1.165) is 6.07 Å². The first-order valence-corrected chi connectivity index (χ1v) is 6.98. The number of carbonyl (C=O) groups is 1. The lowest BCUT2D eigenvalue weighted by atomic mass is 10.3. The van der Waals surface area contributed by atoms with E-state index >= 15 is 0 Å². The lowest BCUT2D eigenvalue weighted by Crippen LogP contribution is -2.17. The van der Waals surface area contributed by atoms with Gasteiger partial charge in [-0.2, -0.15) is 18.2 Å². The van der Waals surface area contributed by atoms with Crippen LogP contribution in [0.15, 0.2) is 34.8 Å². The van der Waals surface area contributed by atoms with E-state index in [2.05, 4.69) is 36.5 Å². The van der Waals surface area contributed by atoms with Crippen LogP contribution in [0, 0.1) is 0 Å². The first-order chi connectivity index (χ1) is 10.8. The second-order valence-electron chi connectivity index (χ2n) is 4.31. The maximum atomic E-state index is 12.9. The molecular weight excluding hydrogens is 381 g/mol. The van der Waals surface area contributed by atoms with Gasteiger partial charge >= 0.3 is 12.1 Å². The van der Waals surface area contributed by atoms with E-state index < -0.39 is 30.3 Å². The smallest absolute Gasteiger partial charge is 0.433 e. The average molecular weight is 391 g/mol. The Morgan fingerprint density at radius 3 is 2.57 bits per heavy atom. The quantitative estimate of drug-likeness (QED) is 0.724. The van der Waals surface area contributed by atoms with Crippen molar-refractivity contribution in [3.05, 3.63) is 40.5 Å². The third-order valence-electron chi connectivity index (χ3n) is 2.55. The van der Waals surface area contributed by atoms with Gasteiger partial charge in [-0.15, -0.1) is 0 Å². The van der Waals surface area contributed by atoms with Crippen LogP contribution in [-0.2, 0) is 11.0 Å². The van der Waals surface area contributed by atoms with Crippen molar-refractivity contribution in [2.24, 2.45) is 0 Å². The summed E-state index contributed by atoms with van der Waals surface area (Å²) in [5.41, 5.74) is -0.682. The molecule has 0 aliphatic heterocycles. The number of hydrogen-bond acceptors (Lipinski definition) is 5. The fourth-order valence-electron chi connectivity index (χ4n) is 1.59. The molecule has 0 atom stereocenters. The van der Waals surface area contributed by atoms with Gasteiger partial charge in [0.1, 0.15) is 12.4 Å². The minimum Gasteiger partial charge on any atom is -0.480 e. The van der Waals surface area contributed by atoms with Crippen molar-refractivity contribution in [3.63, 3.8) is 0 Å². The van der Waals surface area contributed by atoms with Crippen LogP contribution >= 0.6 is 15.9 Å². The summed E-state index contributed by atoms with van der Waals surface area (Å²) in [5.74, 6) is -1.80. The Balaban J connectivity index is 2.35. The molecule has 1 heterocycles. The summed E-state index contributed by atoms with van der Waals surface area (Å²) in [6, 6.07) is 7.53. The van der Waals surface area contributed by atoms with Crippen LogP contribution in [0.3, 0.4) is 0 Å². The number of para-hydroxylation sites is 1. The van der Waals surface area contributed by atoms with Crippen LogP contribution in [0.1, 0.15) is 5.69 Å². The summed E-state index contributed by atoms with van der Waals surface area (Å²) in [4.78, 5) is 17.6. The van der Waals surface area contributed by atoms with Crippen LogP contribution in [0.2, 0.25) is 0 Å². The van der Waals surface area contributed by atoms with Crippen LogP contribution in [0.5, 0.6) is 0 Å². The number of anilines is 3. The molecule has 0 saturated heterocycles. The minimum absolute atomic E-state index is 0.118. The summed E-state index contributed by atoms with van der Waals surface area (Å²) in [6.45, 7) is -0.601. The second kappa shape index (κ2) is 6.82. The number of hydrogen-bond donors (Lipinski definition) is 3. The summed E-state index contributed by atoms with van der Waals surface area (Å²) in [5, 5.41) is 13.5. The van der Waals surface area contributed by atoms with Crippen LogP contribution in [0.25, 0.3) is 0 Å². The second-order valence-corrected chi connectivity index (χ2v) is 5.17. The first kappa shape index (κ1) is 17.0. The lowest BCUT2D eigenvalue weighted by Gasteiger charge is -2.13. The van der Waals surface area contributed by atoms with Crippen molar-refractivity contribution < 1.29 is 23.1 Å². The van der Waals surface area contributed by atoms with Crippen molar-refractivity contribution in [1.82, 2.24) is 9.97 Å². The third-order valence-corrected chi connectivity index (χ3v) is 3.24. The molecule has 0 unspecified atom stereocenters. The van der Waals surface area contributed by atoms with Gasteiger partial charge in [0.2, 0.25) is 5.95 Å². The van der Waals surface area contributed by atoms with Crippen molar-refractivity contribution >= 4 is 39.4 Å². The molecule has 0 radical (unpaired) electrons. The Kier molecular flexibility index (Phi) is 5.04. The van der Waals surface area contributed by atoms with Gasteiger partial charge in [0.05, 0.1) is 5.69 Å². The highest BCUT2D eigenvalue weighted by atomic mass is 79.9. The Morgan fingerprint density at radius 2 is 1.96 bits per heavy atom. The summed E-state index contributed by atoms with van der Waals surface area (Å²) in [7, 11) is 0. The van der Waals surface area contributed by atoms with Gasteiger partial charge in [-0.3, -0.25) is 4.79 Å². The molecule has 1 aromatic heterocycles. The number of nitrogens with one attached hydrogen (secondary N) is 2. The molecule has 0 spiro atoms. The molecular formula is C13H10BrF3N4O2. The van der Waals surface area contributed by atoms with E-state index in [4.69, 9.17) is 5.11 Å². The number of rotatable bonds is 5. The van der Waals surface area contributed by atoms with Gasteiger partial charge in [-0.05, 0) is 28.1 Å². The molecule has 2 aromatic rings. The molecule has 3 N–H and O–H groups in total. The molecule has 0 amide bonds. The van der Waals surface area contributed by atoms with E-state index in [1.807, 2.05) is 0 Å². The van der Waals surface area contributed by atoms with Gasteiger partial charge in [-0.25, -0.2) is 4.98 Å². The van der Waals surface area contributed by atoms with Gasteiger partial charge in [-0.1, -0.05) is 12.1 Å². The molecule has 0 aliphatic carbocycles. The molecule has 10 heteroatoms. The van der Waals surface area contributed by atoms with Crippen molar-refractivity contribution in [2.45, 2.75) is 6.18 Å². The first-order valence-electron chi connectivity index (χ1n) is 6.19. The van der Waals surface area contributed by atoms with E-state index in [-0.39, 0.29) is 5.82 Å². The Morgan fingerprint density at radius 1 is 1.26 bits per heavy atom. The largest absolute Gasteiger partial charge is 0.480 e. The van der Waals surface area contributed by atoms with Gasteiger partial charge in [0.15, 0.2) is 5.69 Å². The standard InChI is InChI=1S/C13H10BrF3N4O2/c14-7-3-1-2-4-8(7)19-10-5-9(13(15,16)17)20-12(21-10)18-6-11(22)23/h1-5H,6H2,(H,22,23)(H2,18,19,20,21). The summed E-state index contributed by atoms with van der Waals surface area (Å²) >= 11 is 3.26. The number of benzene rings is 1. The summed E-state index contributed by atoms with van der Waals surface area (Å²) in [6.07, 6.45) is -4.69. The Bertz CT molecular complexity index is 725.